The van der Waals surface area contributed by atoms with Gasteiger partial charge >= 0.3 is 0 Å². The number of fused-ring (bicyclic) bond motifs is 14. The van der Waals surface area contributed by atoms with Crippen molar-refractivity contribution in [1.82, 2.24) is 24.1 Å². The molecule has 15 aromatic rings. The van der Waals surface area contributed by atoms with Gasteiger partial charge in [-0.25, -0.2) is 15.0 Å². The molecule has 0 bridgehead atoms. The van der Waals surface area contributed by atoms with Gasteiger partial charge in [0.2, 0.25) is 0 Å². The minimum absolute atomic E-state index is 0.593. The highest BCUT2D eigenvalue weighted by Gasteiger charge is 2.29. The SMILES string of the molecule is c1ccc(-c2nc(-c3ccccc3)nc(-c3cc(-c4cccc5c4oc4ccc6c7ccccc7n(-c7ccccc7)c6c45)ccc3-c3cccc4c3Cc3ccc5c6ccccc6n(-c6ccccc6)c5c3-4)n2)cc1. The summed E-state index contributed by atoms with van der Waals surface area (Å²) in [7, 11) is 0. The Kier molecular flexibility index (Phi) is 9.30. The Hall–Kier alpha value is -10.2. The van der Waals surface area contributed by atoms with E-state index in [4.69, 9.17) is 19.4 Å². The average molecular weight is 970 g/mol. The van der Waals surface area contributed by atoms with Crippen molar-refractivity contribution < 1.29 is 4.42 Å². The molecular weight excluding hydrogens is 927 g/mol. The fraction of sp³-hybridized carbons (Fsp3) is 0.0143. The smallest absolute Gasteiger partial charge is 0.164 e. The van der Waals surface area contributed by atoms with E-state index in [2.05, 4.69) is 221 Å². The molecule has 0 spiro atoms. The van der Waals surface area contributed by atoms with E-state index in [0.29, 0.717) is 17.5 Å². The molecule has 0 saturated heterocycles. The molecule has 6 nitrogen and oxygen atoms in total. The van der Waals surface area contributed by atoms with E-state index < -0.39 is 0 Å². The molecule has 1 aliphatic rings. The molecule has 0 aliphatic heterocycles. The maximum Gasteiger partial charge on any atom is 0.164 e. The topological polar surface area (TPSA) is 61.7 Å². The lowest BCUT2D eigenvalue weighted by Crippen LogP contribution is -2.02. The summed E-state index contributed by atoms with van der Waals surface area (Å²) in [5.74, 6) is 1.81. The molecule has 4 heterocycles. The van der Waals surface area contributed by atoms with Crippen molar-refractivity contribution in [1.29, 1.82) is 0 Å². The first-order valence-electron chi connectivity index (χ1n) is 25.9. The second-order valence-electron chi connectivity index (χ2n) is 19.8. The number of hydrogen-bond donors (Lipinski definition) is 0. The van der Waals surface area contributed by atoms with E-state index in [0.717, 1.165) is 89.7 Å². The van der Waals surface area contributed by atoms with Gasteiger partial charge in [0.1, 0.15) is 11.2 Å². The van der Waals surface area contributed by atoms with Gasteiger partial charge in [-0.2, -0.15) is 0 Å². The van der Waals surface area contributed by atoms with Crippen LogP contribution in [0.2, 0.25) is 0 Å². The van der Waals surface area contributed by atoms with Gasteiger partial charge < -0.3 is 13.6 Å². The number of benzene rings is 11. The number of hydrogen-bond acceptors (Lipinski definition) is 4. The van der Waals surface area contributed by atoms with Crippen LogP contribution in [0.5, 0.6) is 0 Å². The van der Waals surface area contributed by atoms with Gasteiger partial charge in [-0.3, -0.25) is 0 Å². The lowest BCUT2D eigenvalue weighted by Gasteiger charge is -2.17. The zero-order chi connectivity index (χ0) is 49.8. The van der Waals surface area contributed by atoms with Crippen LogP contribution in [-0.2, 0) is 6.42 Å². The molecule has 354 valence electrons. The molecule has 6 heteroatoms. The molecule has 0 atom stereocenters. The second-order valence-corrected chi connectivity index (χ2v) is 19.8. The van der Waals surface area contributed by atoms with Crippen LogP contribution < -0.4 is 0 Å². The van der Waals surface area contributed by atoms with Crippen molar-refractivity contribution in [2.45, 2.75) is 6.42 Å². The lowest BCUT2D eigenvalue weighted by molar-refractivity contribution is 0.670. The summed E-state index contributed by atoms with van der Waals surface area (Å²) in [6.07, 6.45) is 0.780. The Labute approximate surface area is 437 Å². The first-order valence-corrected chi connectivity index (χ1v) is 25.9. The maximum absolute atomic E-state index is 7.09. The van der Waals surface area contributed by atoms with Crippen LogP contribution in [0.1, 0.15) is 11.1 Å². The van der Waals surface area contributed by atoms with E-state index in [-0.39, 0.29) is 0 Å². The van der Waals surface area contributed by atoms with E-state index in [1.54, 1.807) is 0 Å². The Morgan fingerprint density at radius 1 is 0.342 bits per heavy atom. The molecule has 0 fully saturated rings. The molecule has 4 aromatic heterocycles. The van der Waals surface area contributed by atoms with Gasteiger partial charge in [0.15, 0.2) is 17.5 Å². The Balaban J connectivity index is 0.949. The van der Waals surface area contributed by atoms with Crippen molar-refractivity contribution in [2.75, 3.05) is 0 Å². The summed E-state index contributed by atoms with van der Waals surface area (Å²) < 4.78 is 11.9. The third-order valence-electron chi connectivity index (χ3n) is 15.6. The summed E-state index contributed by atoms with van der Waals surface area (Å²) in [5.41, 5.74) is 20.6. The normalized spacial score (nSPS) is 12.2. The van der Waals surface area contributed by atoms with E-state index >= 15 is 0 Å². The first kappa shape index (κ1) is 42.3. The predicted molar refractivity (Wildman–Crippen MR) is 311 cm³/mol. The van der Waals surface area contributed by atoms with Gasteiger partial charge in [0, 0.05) is 66.1 Å². The number of furan rings is 1. The molecule has 76 heavy (non-hydrogen) atoms. The summed E-state index contributed by atoms with van der Waals surface area (Å²) in [5, 5.41) is 7.02. The summed E-state index contributed by atoms with van der Waals surface area (Å²) in [4.78, 5) is 15.9. The van der Waals surface area contributed by atoms with Crippen molar-refractivity contribution in [2.24, 2.45) is 0 Å². The average Bonchev–Trinajstić information content (AvgIpc) is 4.34. The van der Waals surface area contributed by atoms with Gasteiger partial charge in [0.05, 0.1) is 27.5 Å². The first-order chi connectivity index (χ1) is 37.7. The largest absolute Gasteiger partial charge is 0.455 e. The fourth-order valence-electron chi connectivity index (χ4n) is 12.3. The summed E-state index contributed by atoms with van der Waals surface area (Å²) in [6, 6.07) is 88.5. The summed E-state index contributed by atoms with van der Waals surface area (Å²) >= 11 is 0. The molecule has 0 amide bonds. The van der Waals surface area contributed by atoms with Crippen LogP contribution in [0, 0.1) is 0 Å². The predicted octanol–water partition coefficient (Wildman–Crippen LogP) is 17.9. The quantitative estimate of drug-likeness (QED) is 0.160. The van der Waals surface area contributed by atoms with Gasteiger partial charge in [-0.1, -0.05) is 194 Å². The third kappa shape index (κ3) is 6.37. The van der Waals surface area contributed by atoms with Crippen LogP contribution in [0.4, 0.5) is 0 Å². The zero-order valence-electron chi connectivity index (χ0n) is 41.0. The fourth-order valence-corrected chi connectivity index (χ4v) is 12.3. The number of para-hydroxylation sites is 5. The standard InChI is InChI=1S/C70H43N5O/c1-5-19-43(20-6-1)68-71-69(44-21-7-2-8-22-44)73-70(72-68)59-41-45(49-29-17-32-57-64-62(76-67(49)57)40-39-56-53-28-14-16-34-61(53)75(66(56)64)48-25-11-4-12-26-48)35-37-51(59)50-30-18-31-54-58(50)42-46-36-38-55-52-27-13-15-33-60(52)74(65(55)63(46)54)47-23-9-3-10-24-47/h1-41H,42H2. The highest BCUT2D eigenvalue weighted by molar-refractivity contribution is 6.25. The van der Waals surface area contributed by atoms with Gasteiger partial charge in [-0.15, -0.1) is 0 Å². The molecule has 0 unspecified atom stereocenters. The van der Waals surface area contributed by atoms with E-state index in [1.165, 1.54) is 54.8 Å². The highest BCUT2D eigenvalue weighted by atomic mass is 16.3. The van der Waals surface area contributed by atoms with E-state index in [9.17, 15) is 0 Å². The molecule has 1 aliphatic carbocycles. The van der Waals surface area contributed by atoms with Crippen LogP contribution in [0.15, 0.2) is 253 Å². The number of nitrogens with zero attached hydrogens (tertiary/aromatic N) is 5. The van der Waals surface area contributed by atoms with Crippen molar-refractivity contribution in [3.63, 3.8) is 0 Å². The van der Waals surface area contributed by atoms with Crippen LogP contribution in [0.25, 0.3) is 144 Å². The Morgan fingerprint density at radius 3 is 1.54 bits per heavy atom. The maximum atomic E-state index is 7.09. The molecule has 11 aromatic carbocycles. The van der Waals surface area contributed by atoms with Crippen molar-refractivity contribution in [3.05, 3.63) is 260 Å². The minimum Gasteiger partial charge on any atom is -0.455 e. The highest BCUT2D eigenvalue weighted by Crippen LogP contribution is 2.50. The van der Waals surface area contributed by atoms with Crippen molar-refractivity contribution >= 4 is 65.6 Å². The molecule has 0 saturated carbocycles. The molecule has 16 rings (SSSR count). The van der Waals surface area contributed by atoms with E-state index in [1.807, 2.05) is 36.4 Å². The molecule has 0 radical (unpaired) electrons. The minimum atomic E-state index is 0.593. The van der Waals surface area contributed by atoms with Gasteiger partial charge in [0.25, 0.3) is 0 Å². The third-order valence-corrected chi connectivity index (χ3v) is 15.6. The van der Waals surface area contributed by atoms with Crippen LogP contribution in [-0.4, -0.2) is 24.1 Å². The molecule has 0 N–H and O–H groups in total. The monoisotopic (exact) mass is 969 g/mol. The van der Waals surface area contributed by atoms with Crippen LogP contribution in [0.3, 0.4) is 0 Å². The number of aromatic nitrogens is 5. The second kappa shape index (κ2) is 16.7. The van der Waals surface area contributed by atoms with Gasteiger partial charge in [-0.05, 0) is 94.4 Å². The lowest BCUT2D eigenvalue weighted by atomic mass is 9.89. The Bertz CT molecular complexity index is 4760. The van der Waals surface area contributed by atoms with Crippen LogP contribution >= 0.6 is 0 Å². The number of rotatable bonds is 7. The van der Waals surface area contributed by atoms with Crippen molar-refractivity contribution in [3.8, 4) is 78.9 Å². The Morgan fingerprint density at radius 2 is 0.868 bits per heavy atom. The zero-order valence-corrected chi connectivity index (χ0v) is 41.0. The summed E-state index contributed by atoms with van der Waals surface area (Å²) in [6.45, 7) is 0. The molecular formula is C70H43N5O.